The Morgan fingerprint density at radius 1 is 1.53 bits per heavy atom. The molecule has 0 atom stereocenters. The number of nitrogens with one attached hydrogen (secondary N) is 1. The van der Waals surface area contributed by atoms with Crippen molar-refractivity contribution in [2.24, 2.45) is 5.73 Å². The highest BCUT2D eigenvalue weighted by atomic mass is 79.9. The average Bonchev–Trinajstić information content (AvgIpc) is 2.22. The first-order valence-electron chi connectivity index (χ1n) is 5.32. The van der Waals surface area contributed by atoms with Crippen molar-refractivity contribution in [1.82, 2.24) is 5.32 Å². The van der Waals surface area contributed by atoms with Crippen LogP contribution in [0, 0.1) is 5.82 Å². The Bertz CT molecular complexity index is 415. The maximum absolute atomic E-state index is 13.0. The second kappa shape index (κ2) is 5.60. The second-order valence-electron chi connectivity index (χ2n) is 4.48. The van der Waals surface area contributed by atoms with E-state index in [2.05, 4.69) is 21.2 Å². The highest BCUT2D eigenvalue weighted by Crippen LogP contribution is 2.16. The normalized spacial score (nSPS) is 11.4. The summed E-state index contributed by atoms with van der Waals surface area (Å²) in [5, 5.41) is 2.73. The quantitative estimate of drug-likeness (QED) is 0.893. The summed E-state index contributed by atoms with van der Waals surface area (Å²) in [5.41, 5.74) is 5.71. The summed E-state index contributed by atoms with van der Waals surface area (Å²) in [7, 11) is 0. The first-order chi connectivity index (χ1) is 7.80. The van der Waals surface area contributed by atoms with Gasteiger partial charge < -0.3 is 11.1 Å². The minimum absolute atomic E-state index is 0.196. The van der Waals surface area contributed by atoms with E-state index in [1.165, 1.54) is 6.07 Å². The molecule has 0 aliphatic heterocycles. The first-order valence-corrected chi connectivity index (χ1v) is 6.11. The van der Waals surface area contributed by atoms with Gasteiger partial charge in [0.15, 0.2) is 0 Å². The van der Waals surface area contributed by atoms with Gasteiger partial charge in [-0.3, -0.25) is 4.79 Å². The number of hydrogen-bond acceptors (Lipinski definition) is 2. The lowest BCUT2D eigenvalue weighted by atomic mass is 10.1. The Morgan fingerprint density at radius 2 is 2.18 bits per heavy atom. The summed E-state index contributed by atoms with van der Waals surface area (Å²) in [4.78, 5) is 11.5. The molecule has 1 aromatic carbocycles. The van der Waals surface area contributed by atoms with Crippen molar-refractivity contribution in [3.63, 3.8) is 0 Å². The van der Waals surface area contributed by atoms with Crippen LogP contribution in [0.1, 0.15) is 19.4 Å². The van der Waals surface area contributed by atoms with E-state index in [4.69, 9.17) is 5.73 Å². The molecule has 0 aliphatic rings. The minimum Gasteiger partial charge on any atom is -0.354 e. The SMILES string of the molecule is CC(C)(N)C(=O)NCCc1ccc(F)c(Br)c1. The van der Waals surface area contributed by atoms with E-state index in [1.54, 1.807) is 26.0 Å². The van der Waals surface area contributed by atoms with Crippen LogP contribution in [0.5, 0.6) is 0 Å². The van der Waals surface area contributed by atoms with Gasteiger partial charge in [0.1, 0.15) is 5.82 Å². The fourth-order valence-corrected chi connectivity index (χ4v) is 1.67. The van der Waals surface area contributed by atoms with Crippen molar-refractivity contribution in [3.8, 4) is 0 Å². The van der Waals surface area contributed by atoms with Gasteiger partial charge in [-0.1, -0.05) is 6.07 Å². The number of benzene rings is 1. The van der Waals surface area contributed by atoms with Crippen LogP contribution < -0.4 is 11.1 Å². The third kappa shape index (κ3) is 4.44. The largest absolute Gasteiger partial charge is 0.354 e. The summed E-state index contributed by atoms with van der Waals surface area (Å²) in [6.07, 6.45) is 0.640. The second-order valence-corrected chi connectivity index (χ2v) is 5.33. The molecule has 0 unspecified atom stereocenters. The molecule has 0 heterocycles. The smallest absolute Gasteiger partial charge is 0.239 e. The first kappa shape index (κ1) is 14.1. The molecule has 3 N–H and O–H groups in total. The van der Waals surface area contributed by atoms with Gasteiger partial charge >= 0.3 is 0 Å². The number of halogens is 2. The van der Waals surface area contributed by atoms with Crippen molar-refractivity contribution < 1.29 is 9.18 Å². The maximum atomic E-state index is 13.0. The molecular formula is C12H16BrFN2O. The van der Waals surface area contributed by atoms with Gasteiger partial charge in [0.05, 0.1) is 10.0 Å². The Morgan fingerprint density at radius 3 is 2.71 bits per heavy atom. The zero-order valence-electron chi connectivity index (χ0n) is 9.89. The summed E-state index contributed by atoms with van der Waals surface area (Å²) < 4.78 is 13.4. The van der Waals surface area contributed by atoms with E-state index < -0.39 is 5.54 Å². The zero-order chi connectivity index (χ0) is 13.1. The molecule has 0 spiro atoms. The number of amides is 1. The molecule has 0 aromatic heterocycles. The third-order valence-corrected chi connectivity index (χ3v) is 2.88. The van der Waals surface area contributed by atoms with E-state index in [0.29, 0.717) is 17.4 Å². The number of hydrogen-bond donors (Lipinski definition) is 2. The molecule has 94 valence electrons. The minimum atomic E-state index is -0.872. The summed E-state index contributed by atoms with van der Waals surface area (Å²) in [6.45, 7) is 3.78. The lowest BCUT2D eigenvalue weighted by molar-refractivity contribution is -0.125. The Kier molecular flexibility index (Phi) is 4.65. The summed E-state index contributed by atoms with van der Waals surface area (Å²) >= 11 is 3.12. The van der Waals surface area contributed by atoms with Crippen molar-refractivity contribution in [2.45, 2.75) is 25.8 Å². The molecule has 0 radical (unpaired) electrons. The van der Waals surface area contributed by atoms with Gasteiger partial charge in [0, 0.05) is 6.54 Å². The van der Waals surface area contributed by atoms with Gasteiger partial charge in [0.2, 0.25) is 5.91 Å². The van der Waals surface area contributed by atoms with E-state index in [9.17, 15) is 9.18 Å². The molecule has 1 amide bonds. The molecule has 17 heavy (non-hydrogen) atoms. The van der Waals surface area contributed by atoms with Crippen LogP contribution >= 0.6 is 15.9 Å². The fraction of sp³-hybridized carbons (Fsp3) is 0.417. The van der Waals surface area contributed by atoms with E-state index >= 15 is 0 Å². The molecule has 0 saturated heterocycles. The van der Waals surface area contributed by atoms with Crippen molar-refractivity contribution >= 4 is 21.8 Å². The lowest BCUT2D eigenvalue weighted by Crippen LogP contribution is -2.49. The molecule has 5 heteroatoms. The summed E-state index contributed by atoms with van der Waals surface area (Å²) in [5.74, 6) is -0.487. The van der Waals surface area contributed by atoms with Crippen LogP contribution in [0.15, 0.2) is 22.7 Å². The molecule has 0 aliphatic carbocycles. The van der Waals surface area contributed by atoms with Crippen molar-refractivity contribution in [2.75, 3.05) is 6.54 Å². The van der Waals surface area contributed by atoms with Crippen molar-refractivity contribution in [3.05, 3.63) is 34.1 Å². The Hall–Kier alpha value is -0.940. The van der Waals surface area contributed by atoms with Crippen LogP contribution in [0.3, 0.4) is 0 Å². The van der Waals surface area contributed by atoms with Gasteiger partial charge in [-0.25, -0.2) is 4.39 Å². The van der Waals surface area contributed by atoms with Gasteiger partial charge in [0.25, 0.3) is 0 Å². The predicted octanol–water partition coefficient (Wildman–Crippen LogP) is 1.98. The molecule has 0 fully saturated rings. The van der Waals surface area contributed by atoms with Crippen LogP contribution in [0.2, 0.25) is 0 Å². The number of nitrogens with two attached hydrogens (primary N) is 1. The summed E-state index contributed by atoms with van der Waals surface area (Å²) in [6, 6.07) is 4.79. The Balaban J connectivity index is 2.46. The number of carbonyl (C=O) groups is 1. The number of rotatable bonds is 4. The standard InChI is InChI=1S/C12H16BrFN2O/c1-12(2,15)11(17)16-6-5-8-3-4-10(14)9(13)7-8/h3-4,7H,5-6,15H2,1-2H3,(H,16,17). The van der Waals surface area contributed by atoms with Gasteiger partial charge in [-0.05, 0) is 53.9 Å². The molecular weight excluding hydrogens is 287 g/mol. The van der Waals surface area contributed by atoms with Crippen LogP contribution in [-0.2, 0) is 11.2 Å². The molecule has 1 rings (SSSR count). The molecule has 1 aromatic rings. The topological polar surface area (TPSA) is 55.1 Å². The van der Waals surface area contributed by atoms with E-state index in [0.717, 1.165) is 5.56 Å². The molecule has 0 saturated carbocycles. The monoisotopic (exact) mass is 302 g/mol. The highest BCUT2D eigenvalue weighted by Gasteiger charge is 2.20. The predicted molar refractivity (Wildman–Crippen MR) is 69.1 cm³/mol. The Labute approximate surface area is 109 Å². The van der Waals surface area contributed by atoms with E-state index in [1.807, 2.05) is 0 Å². The molecule has 3 nitrogen and oxygen atoms in total. The highest BCUT2D eigenvalue weighted by molar-refractivity contribution is 9.10. The van der Waals surface area contributed by atoms with Crippen molar-refractivity contribution in [1.29, 1.82) is 0 Å². The van der Waals surface area contributed by atoms with Crippen LogP contribution in [-0.4, -0.2) is 18.0 Å². The van der Waals surface area contributed by atoms with Crippen LogP contribution in [0.25, 0.3) is 0 Å². The fourth-order valence-electron chi connectivity index (χ4n) is 1.24. The number of carbonyl (C=O) groups excluding carboxylic acids is 1. The third-order valence-electron chi connectivity index (χ3n) is 2.27. The van der Waals surface area contributed by atoms with Gasteiger partial charge in [-0.15, -0.1) is 0 Å². The van der Waals surface area contributed by atoms with Gasteiger partial charge in [-0.2, -0.15) is 0 Å². The average molecular weight is 303 g/mol. The van der Waals surface area contributed by atoms with Crippen LogP contribution in [0.4, 0.5) is 4.39 Å². The lowest BCUT2D eigenvalue weighted by Gasteiger charge is -2.17. The van der Waals surface area contributed by atoms with E-state index in [-0.39, 0.29) is 11.7 Å². The molecule has 0 bridgehead atoms. The maximum Gasteiger partial charge on any atom is 0.239 e. The zero-order valence-corrected chi connectivity index (χ0v) is 11.5.